The van der Waals surface area contributed by atoms with E-state index in [0.717, 1.165) is 6.07 Å². The second-order valence-electron chi connectivity index (χ2n) is 3.10. The zero-order valence-electron chi connectivity index (χ0n) is 9.21. The van der Waals surface area contributed by atoms with Crippen LogP contribution in [0.4, 0.5) is 13.2 Å². The van der Waals surface area contributed by atoms with Crippen molar-refractivity contribution >= 4 is 15.9 Å². The molecule has 0 atom stereocenters. The quantitative estimate of drug-likeness (QED) is 0.799. The van der Waals surface area contributed by atoms with Gasteiger partial charge in [-0.2, -0.15) is 5.26 Å². The SMILES string of the molecule is COc1cc(OC(F)(F)F)nc(CC#N)c1CBr. The molecule has 1 aromatic rings. The first-order chi connectivity index (χ1) is 8.41. The van der Waals surface area contributed by atoms with Gasteiger partial charge in [-0.15, -0.1) is 13.2 Å². The van der Waals surface area contributed by atoms with E-state index in [2.05, 4.69) is 25.7 Å². The number of halogens is 4. The van der Waals surface area contributed by atoms with E-state index in [9.17, 15) is 13.2 Å². The minimum Gasteiger partial charge on any atom is -0.496 e. The molecule has 0 aliphatic carbocycles. The van der Waals surface area contributed by atoms with Crippen LogP contribution in [-0.2, 0) is 11.8 Å². The Morgan fingerprint density at radius 2 is 2.17 bits per heavy atom. The van der Waals surface area contributed by atoms with Gasteiger partial charge in [0.25, 0.3) is 0 Å². The lowest BCUT2D eigenvalue weighted by atomic mass is 10.1. The molecule has 1 heterocycles. The van der Waals surface area contributed by atoms with Crippen molar-refractivity contribution in [2.24, 2.45) is 0 Å². The van der Waals surface area contributed by atoms with E-state index < -0.39 is 12.2 Å². The van der Waals surface area contributed by atoms with E-state index in [1.54, 1.807) is 0 Å². The molecule has 0 saturated heterocycles. The summed E-state index contributed by atoms with van der Waals surface area (Å²) in [7, 11) is 1.31. The molecule has 98 valence electrons. The molecule has 8 heteroatoms. The normalized spacial score (nSPS) is 10.9. The van der Waals surface area contributed by atoms with Gasteiger partial charge in [-0.25, -0.2) is 4.98 Å². The molecular formula is C10H8BrF3N2O2. The summed E-state index contributed by atoms with van der Waals surface area (Å²) in [6.45, 7) is 0. The van der Waals surface area contributed by atoms with Crippen LogP contribution in [0.2, 0.25) is 0 Å². The minimum absolute atomic E-state index is 0.133. The molecule has 0 N–H and O–H groups in total. The van der Waals surface area contributed by atoms with Crippen molar-refractivity contribution in [3.63, 3.8) is 0 Å². The summed E-state index contributed by atoms with van der Waals surface area (Å²) in [6, 6.07) is 2.86. The van der Waals surface area contributed by atoms with Crippen LogP contribution in [-0.4, -0.2) is 18.5 Å². The van der Waals surface area contributed by atoms with Crippen LogP contribution < -0.4 is 9.47 Å². The summed E-state index contributed by atoms with van der Waals surface area (Å²) in [5.74, 6) is -0.458. The highest BCUT2D eigenvalue weighted by atomic mass is 79.9. The number of methoxy groups -OCH3 is 1. The molecule has 1 rings (SSSR count). The van der Waals surface area contributed by atoms with Gasteiger partial charge >= 0.3 is 6.36 Å². The third-order valence-electron chi connectivity index (χ3n) is 1.97. The number of aromatic nitrogens is 1. The Kier molecular flexibility index (Phi) is 4.78. The summed E-state index contributed by atoms with van der Waals surface area (Å²) in [5.41, 5.74) is 0.710. The third-order valence-corrected chi connectivity index (χ3v) is 2.53. The summed E-state index contributed by atoms with van der Waals surface area (Å²) < 4.78 is 45.0. The number of hydrogen-bond acceptors (Lipinski definition) is 4. The Labute approximate surface area is 109 Å². The molecule has 0 saturated carbocycles. The molecule has 18 heavy (non-hydrogen) atoms. The Hall–Kier alpha value is -1.49. The maximum Gasteiger partial charge on any atom is 0.574 e. The number of nitrogens with zero attached hydrogens (tertiary/aromatic N) is 2. The van der Waals surface area contributed by atoms with Crippen molar-refractivity contribution in [3.05, 3.63) is 17.3 Å². The average molecular weight is 325 g/mol. The lowest BCUT2D eigenvalue weighted by molar-refractivity contribution is -0.276. The van der Waals surface area contributed by atoms with Crippen LogP contribution in [0, 0.1) is 11.3 Å². The van der Waals surface area contributed by atoms with Crippen LogP contribution in [0.5, 0.6) is 11.6 Å². The van der Waals surface area contributed by atoms with Gasteiger partial charge < -0.3 is 9.47 Å². The molecule has 0 unspecified atom stereocenters. The Morgan fingerprint density at radius 1 is 1.50 bits per heavy atom. The fourth-order valence-corrected chi connectivity index (χ4v) is 1.89. The van der Waals surface area contributed by atoms with Crippen molar-refractivity contribution < 1.29 is 22.6 Å². The fourth-order valence-electron chi connectivity index (χ4n) is 1.29. The van der Waals surface area contributed by atoms with E-state index in [0.29, 0.717) is 10.9 Å². The van der Waals surface area contributed by atoms with Gasteiger partial charge in [0, 0.05) is 17.0 Å². The lowest BCUT2D eigenvalue weighted by Gasteiger charge is -2.13. The van der Waals surface area contributed by atoms with Crippen LogP contribution in [0.3, 0.4) is 0 Å². The summed E-state index contributed by atoms with van der Waals surface area (Å²) in [5, 5.41) is 8.93. The first-order valence-electron chi connectivity index (χ1n) is 4.66. The van der Waals surface area contributed by atoms with Crippen LogP contribution in [0.1, 0.15) is 11.3 Å². The van der Waals surface area contributed by atoms with Crippen LogP contribution in [0.15, 0.2) is 6.07 Å². The number of alkyl halides is 4. The van der Waals surface area contributed by atoms with E-state index in [1.807, 2.05) is 6.07 Å². The third kappa shape index (κ3) is 3.77. The van der Waals surface area contributed by atoms with Gasteiger partial charge in [0.1, 0.15) is 5.75 Å². The van der Waals surface area contributed by atoms with Crippen molar-refractivity contribution in [1.29, 1.82) is 5.26 Å². The average Bonchev–Trinajstić information content (AvgIpc) is 2.26. The highest BCUT2D eigenvalue weighted by molar-refractivity contribution is 9.08. The van der Waals surface area contributed by atoms with Gasteiger partial charge in [0.2, 0.25) is 5.88 Å². The highest BCUT2D eigenvalue weighted by Crippen LogP contribution is 2.30. The number of hydrogen-bond donors (Lipinski definition) is 0. The Morgan fingerprint density at radius 3 is 2.61 bits per heavy atom. The van der Waals surface area contributed by atoms with E-state index in [1.165, 1.54) is 7.11 Å². The van der Waals surface area contributed by atoms with Gasteiger partial charge in [-0.3, -0.25) is 0 Å². The molecule has 0 aliphatic rings. The molecule has 0 radical (unpaired) electrons. The molecule has 0 aliphatic heterocycles. The van der Waals surface area contributed by atoms with Crippen molar-refractivity contribution in [2.45, 2.75) is 18.1 Å². The zero-order valence-corrected chi connectivity index (χ0v) is 10.8. The largest absolute Gasteiger partial charge is 0.574 e. The fraction of sp³-hybridized carbons (Fsp3) is 0.400. The number of ether oxygens (including phenoxy) is 2. The summed E-state index contributed by atoms with van der Waals surface area (Å²) >= 11 is 3.16. The standard InChI is InChI=1S/C10H8BrF3N2O2/c1-17-8-4-9(18-10(12,13)14)16-7(2-3-15)6(8)5-11/h4H,2,5H2,1H3. The Balaban J connectivity index is 3.23. The summed E-state index contributed by atoms with van der Waals surface area (Å²) in [4.78, 5) is 3.65. The number of rotatable bonds is 4. The smallest absolute Gasteiger partial charge is 0.496 e. The molecule has 0 amide bonds. The van der Waals surface area contributed by atoms with Crippen LogP contribution in [0.25, 0.3) is 0 Å². The lowest BCUT2D eigenvalue weighted by Crippen LogP contribution is -2.18. The molecule has 0 bridgehead atoms. The highest BCUT2D eigenvalue weighted by Gasteiger charge is 2.32. The van der Waals surface area contributed by atoms with Gasteiger partial charge in [0.05, 0.1) is 25.3 Å². The first kappa shape index (κ1) is 14.6. The monoisotopic (exact) mass is 324 g/mol. The van der Waals surface area contributed by atoms with Crippen LogP contribution >= 0.6 is 15.9 Å². The molecule has 4 nitrogen and oxygen atoms in total. The second-order valence-corrected chi connectivity index (χ2v) is 3.67. The molecule has 0 fully saturated rings. The van der Waals surface area contributed by atoms with E-state index >= 15 is 0 Å². The van der Waals surface area contributed by atoms with Gasteiger partial charge in [0.15, 0.2) is 0 Å². The van der Waals surface area contributed by atoms with Gasteiger partial charge in [-0.05, 0) is 0 Å². The molecule has 0 spiro atoms. The zero-order chi connectivity index (χ0) is 13.8. The predicted molar refractivity (Wildman–Crippen MR) is 59.4 cm³/mol. The van der Waals surface area contributed by atoms with Gasteiger partial charge in [-0.1, -0.05) is 15.9 Å². The van der Waals surface area contributed by atoms with Crippen molar-refractivity contribution in [2.75, 3.05) is 7.11 Å². The molecular weight excluding hydrogens is 317 g/mol. The first-order valence-corrected chi connectivity index (χ1v) is 5.79. The maximum absolute atomic E-state index is 12.1. The maximum atomic E-state index is 12.1. The van der Waals surface area contributed by atoms with E-state index in [4.69, 9.17) is 10.00 Å². The Bertz CT molecular complexity index is 471. The number of nitriles is 1. The minimum atomic E-state index is -4.84. The number of pyridine rings is 1. The molecule has 1 aromatic heterocycles. The second kappa shape index (κ2) is 5.91. The summed E-state index contributed by atoms with van der Waals surface area (Å²) in [6.07, 6.45) is -4.97. The predicted octanol–water partition coefficient (Wildman–Crippen LogP) is 2.95. The molecule has 0 aromatic carbocycles. The van der Waals surface area contributed by atoms with Crippen molar-refractivity contribution in [1.82, 2.24) is 4.98 Å². The topological polar surface area (TPSA) is 55.1 Å². The van der Waals surface area contributed by atoms with E-state index in [-0.39, 0.29) is 17.9 Å². The van der Waals surface area contributed by atoms with Crippen molar-refractivity contribution in [3.8, 4) is 17.7 Å².